The Bertz CT molecular complexity index is 722. The van der Waals surface area contributed by atoms with E-state index in [1.807, 2.05) is 0 Å². The molecule has 0 bridgehead atoms. The van der Waals surface area contributed by atoms with Crippen LogP contribution in [-0.4, -0.2) is 35.6 Å². The number of aliphatic carboxylic acids is 1. The van der Waals surface area contributed by atoms with E-state index in [0.717, 1.165) is 70.6 Å². The van der Waals surface area contributed by atoms with Gasteiger partial charge in [0.05, 0.1) is 0 Å². The van der Waals surface area contributed by atoms with E-state index in [2.05, 4.69) is 31.3 Å². The van der Waals surface area contributed by atoms with Gasteiger partial charge in [-0.1, -0.05) is 154 Å². The number of carbonyl (C=O) groups excluding carboxylic acids is 2. The Morgan fingerprint density at radius 2 is 0.957 bits per heavy atom. The average molecular weight is 650 g/mol. The molecule has 0 aromatic carbocycles. The van der Waals surface area contributed by atoms with Crippen molar-refractivity contribution in [3.05, 3.63) is 12.2 Å². The van der Waals surface area contributed by atoms with Gasteiger partial charge in [0, 0.05) is 12.8 Å². The second kappa shape index (κ2) is 36.0. The molecule has 1 atom stereocenters. The van der Waals surface area contributed by atoms with Crippen LogP contribution < -0.4 is 5.32 Å². The van der Waals surface area contributed by atoms with Gasteiger partial charge in [-0.05, 0) is 57.8 Å². The first-order chi connectivity index (χ1) is 22.5. The summed E-state index contributed by atoms with van der Waals surface area (Å²) >= 11 is 0. The fraction of sp³-hybridized carbons (Fsp3) is 0.875. The zero-order valence-electron chi connectivity index (χ0n) is 30.4. The molecule has 0 fully saturated rings. The van der Waals surface area contributed by atoms with Crippen molar-refractivity contribution in [3.8, 4) is 0 Å². The molecule has 0 radical (unpaired) electrons. The van der Waals surface area contributed by atoms with Crippen LogP contribution in [0.1, 0.15) is 213 Å². The Morgan fingerprint density at radius 3 is 1.48 bits per heavy atom. The summed E-state index contributed by atoms with van der Waals surface area (Å²) in [6, 6.07) is 0. The van der Waals surface area contributed by atoms with Crippen molar-refractivity contribution >= 4 is 17.8 Å². The predicted molar refractivity (Wildman–Crippen MR) is 194 cm³/mol. The number of hydrogen-bond acceptors (Lipinski definition) is 4. The van der Waals surface area contributed by atoms with Crippen molar-refractivity contribution in [3.63, 3.8) is 0 Å². The van der Waals surface area contributed by atoms with E-state index in [1.54, 1.807) is 0 Å². The minimum absolute atomic E-state index is 0.00300. The highest BCUT2D eigenvalue weighted by Gasteiger charge is 2.14. The van der Waals surface area contributed by atoms with Gasteiger partial charge in [-0.3, -0.25) is 14.4 Å². The van der Waals surface area contributed by atoms with Crippen LogP contribution in [0.15, 0.2) is 12.2 Å². The van der Waals surface area contributed by atoms with Crippen LogP contribution in [-0.2, 0) is 19.1 Å². The first-order valence-electron chi connectivity index (χ1n) is 19.8. The van der Waals surface area contributed by atoms with Gasteiger partial charge in [-0.25, -0.2) is 0 Å². The highest BCUT2D eigenvalue weighted by atomic mass is 16.5. The highest BCUT2D eigenvalue weighted by Crippen LogP contribution is 2.18. The number of rotatable bonds is 36. The number of allylic oxidation sites excluding steroid dienone is 2. The molecule has 1 unspecified atom stereocenters. The largest absolute Gasteiger partial charge is 0.480 e. The van der Waals surface area contributed by atoms with Crippen LogP contribution in [0.4, 0.5) is 0 Å². The third-order valence-electron chi connectivity index (χ3n) is 8.94. The molecule has 0 spiro atoms. The lowest BCUT2D eigenvalue weighted by Gasteiger charge is -2.18. The van der Waals surface area contributed by atoms with Gasteiger partial charge in [0.1, 0.15) is 12.6 Å². The first-order valence-corrected chi connectivity index (χ1v) is 19.8. The molecule has 0 aliphatic carbocycles. The molecule has 46 heavy (non-hydrogen) atoms. The second-order valence-corrected chi connectivity index (χ2v) is 13.5. The first kappa shape index (κ1) is 44.1. The summed E-state index contributed by atoms with van der Waals surface area (Å²) in [6.07, 6.45) is 40.4. The molecule has 0 saturated heterocycles. The van der Waals surface area contributed by atoms with E-state index >= 15 is 0 Å². The van der Waals surface area contributed by atoms with E-state index in [4.69, 9.17) is 9.84 Å². The number of unbranched alkanes of at least 4 members (excludes halogenated alkanes) is 23. The van der Waals surface area contributed by atoms with Crippen LogP contribution in [0.2, 0.25) is 0 Å². The van der Waals surface area contributed by atoms with E-state index < -0.39 is 5.97 Å². The van der Waals surface area contributed by atoms with Crippen LogP contribution in [0.25, 0.3) is 0 Å². The summed E-state index contributed by atoms with van der Waals surface area (Å²) in [5, 5.41) is 11.1. The van der Waals surface area contributed by atoms with Gasteiger partial charge in [0.15, 0.2) is 0 Å². The summed E-state index contributed by atoms with van der Waals surface area (Å²) in [5.41, 5.74) is 0. The maximum Gasteiger partial charge on any atom is 0.322 e. The molecule has 0 aliphatic heterocycles. The van der Waals surface area contributed by atoms with Gasteiger partial charge in [0.2, 0.25) is 5.91 Å². The molecule has 6 nitrogen and oxygen atoms in total. The SMILES string of the molecule is CCCCCCCC/C=C\CCCC(CCCCCCCC(=O)NCC(=O)O)OC(=O)CCCCCCCCCCCCCCC. The van der Waals surface area contributed by atoms with Crippen LogP contribution in [0, 0.1) is 0 Å². The smallest absolute Gasteiger partial charge is 0.322 e. The predicted octanol–water partition coefficient (Wildman–Crippen LogP) is 11.8. The topological polar surface area (TPSA) is 92.7 Å². The van der Waals surface area contributed by atoms with Crippen LogP contribution >= 0.6 is 0 Å². The Hall–Kier alpha value is -1.85. The third kappa shape index (κ3) is 35.0. The van der Waals surface area contributed by atoms with Crippen molar-refractivity contribution in [2.45, 2.75) is 219 Å². The molecule has 1 amide bonds. The lowest BCUT2D eigenvalue weighted by Crippen LogP contribution is -2.28. The number of carboxylic acids is 1. The third-order valence-corrected chi connectivity index (χ3v) is 8.94. The molecule has 2 N–H and O–H groups in total. The van der Waals surface area contributed by atoms with Gasteiger partial charge in [-0.15, -0.1) is 0 Å². The average Bonchev–Trinajstić information content (AvgIpc) is 3.04. The number of nitrogens with one attached hydrogen (secondary N) is 1. The Balaban J connectivity index is 4.18. The van der Waals surface area contributed by atoms with E-state index in [1.165, 1.54) is 116 Å². The minimum atomic E-state index is -1.02. The summed E-state index contributed by atoms with van der Waals surface area (Å²) in [5.74, 6) is -1.24. The molecule has 0 aliphatic rings. The molecule has 270 valence electrons. The maximum absolute atomic E-state index is 12.7. The van der Waals surface area contributed by atoms with Gasteiger partial charge >= 0.3 is 11.9 Å². The number of carboxylic acid groups (broad SMARTS) is 1. The van der Waals surface area contributed by atoms with Crippen molar-refractivity contribution in [1.29, 1.82) is 0 Å². The van der Waals surface area contributed by atoms with Crippen LogP contribution in [0.5, 0.6) is 0 Å². The fourth-order valence-electron chi connectivity index (χ4n) is 5.99. The lowest BCUT2D eigenvalue weighted by atomic mass is 10.0. The quantitative estimate of drug-likeness (QED) is 0.0400. The Kier molecular flexibility index (Phi) is 34.5. The summed E-state index contributed by atoms with van der Waals surface area (Å²) < 4.78 is 5.99. The van der Waals surface area contributed by atoms with Crippen LogP contribution in [0.3, 0.4) is 0 Å². The van der Waals surface area contributed by atoms with E-state index in [0.29, 0.717) is 12.8 Å². The maximum atomic E-state index is 12.7. The monoisotopic (exact) mass is 650 g/mol. The zero-order chi connectivity index (χ0) is 33.8. The van der Waals surface area contributed by atoms with Gasteiger partial charge in [-0.2, -0.15) is 0 Å². The number of hydrogen-bond donors (Lipinski definition) is 2. The summed E-state index contributed by atoms with van der Waals surface area (Å²) in [7, 11) is 0. The van der Waals surface area contributed by atoms with Crippen molar-refractivity contribution in [2.24, 2.45) is 0 Å². The lowest BCUT2D eigenvalue weighted by molar-refractivity contribution is -0.150. The molecule has 0 rings (SSSR count). The molecule has 6 heteroatoms. The Labute approximate surface area is 284 Å². The highest BCUT2D eigenvalue weighted by molar-refractivity contribution is 5.80. The van der Waals surface area contributed by atoms with Crippen molar-refractivity contribution in [1.82, 2.24) is 5.32 Å². The molecule has 0 aromatic rings. The number of esters is 1. The summed E-state index contributed by atoms with van der Waals surface area (Å²) in [6.45, 7) is 4.22. The van der Waals surface area contributed by atoms with E-state index in [-0.39, 0.29) is 24.5 Å². The number of ether oxygens (including phenoxy) is 1. The minimum Gasteiger partial charge on any atom is -0.480 e. The second-order valence-electron chi connectivity index (χ2n) is 13.5. The fourth-order valence-corrected chi connectivity index (χ4v) is 5.99. The van der Waals surface area contributed by atoms with Gasteiger partial charge in [0.25, 0.3) is 0 Å². The number of carbonyl (C=O) groups is 3. The van der Waals surface area contributed by atoms with Crippen molar-refractivity contribution in [2.75, 3.05) is 6.54 Å². The molecule has 0 aromatic heterocycles. The zero-order valence-corrected chi connectivity index (χ0v) is 30.4. The normalized spacial score (nSPS) is 12.0. The van der Waals surface area contributed by atoms with Crippen molar-refractivity contribution < 1.29 is 24.2 Å². The standard InChI is InChI=1S/C40H75NO5/c1-3-5-7-9-11-13-15-16-18-20-22-27-31-35-40(45)46-37(32-28-24-21-19-17-14-12-10-8-6-4-2)33-29-25-23-26-30-34-38(42)41-36-39(43)44/h19,21,37H,3-18,20,22-36H2,1-2H3,(H,41,42)(H,43,44)/b21-19-. The number of amides is 1. The van der Waals surface area contributed by atoms with Gasteiger partial charge < -0.3 is 15.2 Å². The molecular weight excluding hydrogens is 574 g/mol. The van der Waals surface area contributed by atoms with E-state index in [9.17, 15) is 14.4 Å². The molecular formula is C40H75NO5. The Morgan fingerprint density at radius 1 is 0.543 bits per heavy atom. The molecule has 0 saturated carbocycles. The summed E-state index contributed by atoms with van der Waals surface area (Å²) in [4.78, 5) is 34.9. The molecule has 0 heterocycles.